The van der Waals surface area contributed by atoms with Gasteiger partial charge in [0.05, 0.1) is 0 Å². The number of rotatable bonds is 6. The van der Waals surface area contributed by atoms with Crippen LogP contribution in [0.5, 0.6) is 0 Å². The molecule has 2 N–H and O–H groups in total. The van der Waals surface area contributed by atoms with Crippen LogP contribution in [-0.2, 0) is 0 Å². The van der Waals surface area contributed by atoms with Crippen LogP contribution in [0.25, 0.3) is 0 Å². The Bertz CT molecular complexity index is 343. The fourth-order valence-corrected chi connectivity index (χ4v) is 2.46. The van der Waals surface area contributed by atoms with E-state index in [1.165, 1.54) is 17.5 Å². The number of hydrogen-bond donors (Lipinski definition) is 1. The van der Waals surface area contributed by atoms with Gasteiger partial charge in [0, 0.05) is 18.6 Å². The van der Waals surface area contributed by atoms with E-state index in [4.69, 9.17) is 5.73 Å². The summed E-state index contributed by atoms with van der Waals surface area (Å²) in [5.74, 6) is 0.710. The Morgan fingerprint density at radius 1 is 1.17 bits per heavy atom. The molecule has 3 unspecified atom stereocenters. The molecule has 0 heterocycles. The Hall–Kier alpha value is -0.860. The Morgan fingerprint density at radius 3 is 2.17 bits per heavy atom. The van der Waals surface area contributed by atoms with Crippen LogP contribution < -0.4 is 5.73 Å². The van der Waals surface area contributed by atoms with Crippen molar-refractivity contribution >= 4 is 0 Å². The van der Waals surface area contributed by atoms with Crippen molar-refractivity contribution in [1.82, 2.24) is 4.90 Å². The molecule has 2 nitrogen and oxygen atoms in total. The molecule has 0 radical (unpaired) electrons. The molecule has 0 amide bonds. The number of hydrogen-bond acceptors (Lipinski definition) is 2. The van der Waals surface area contributed by atoms with Gasteiger partial charge in [-0.1, -0.05) is 50.1 Å². The van der Waals surface area contributed by atoms with Crippen LogP contribution in [0, 0.1) is 12.8 Å². The van der Waals surface area contributed by atoms with Crippen LogP contribution in [0.15, 0.2) is 24.3 Å². The van der Waals surface area contributed by atoms with E-state index >= 15 is 0 Å². The van der Waals surface area contributed by atoms with Gasteiger partial charge in [-0.15, -0.1) is 0 Å². The molecule has 1 aromatic carbocycles. The molecule has 3 atom stereocenters. The quantitative estimate of drug-likeness (QED) is 0.836. The third-order valence-corrected chi connectivity index (χ3v) is 3.69. The number of nitrogens with two attached hydrogens (primary N) is 1. The topological polar surface area (TPSA) is 29.3 Å². The lowest BCUT2D eigenvalue weighted by Crippen LogP contribution is -2.39. The predicted molar refractivity (Wildman–Crippen MR) is 79.7 cm³/mol. The van der Waals surface area contributed by atoms with Crippen molar-refractivity contribution in [3.05, 3.63) is 35.4 Å². The van der Waals surface area contributed by atoms with Gasteiger partial charge in [-0.25, -0.2) is 0 Å². The largest absolute Gasteiger partial charge is 0.326 e. The monoisotopic (exact) mass is 248 g/mol. The molecule has 0 saturated carbocycles. The Balaban J connectivity index is 2.85. The van der Waals surface area contributed by atoms with Gasteiger partial charge in [-0.05, 0) is 32.4 Å². The normalized spacial score (nSPS) is 16.6. The van der Waals surface area contributed by atoms with Crippen molar-refractivity contribution in [3.8, 4) is 0 Å². The zero-order chi connectivity index (χ0) is 13.7. The second-order valence-electron chi connectivity index (χ2n) is 5.67. The molecule has 0 spiro atoms. The minimum atomic E-state index is 0.141. The average molecular weight is 248 g/mol. The molecular formula is C16H28N2. The van der Waals surface area contributed by atoms with Crippen LogP contribution in [0.1, 0.15) is 44.4 Å². The summed E-state index contributed by atoms with van der Waals surface area (Å²) >= 11 is 0. The first kappa shape index (κ1) is 15.2. The van der Waals surface area contributed by atoms with Crippen molar-refractivity contribution in [2.45, 2.75) is 46.2 Å². The van der Waals surface area contributed by atoms with Gasteiger partial charge >= 0.3 is 0 Å². The first-order valence-corrected chi connectivity index (χ1v) is 6.98. The molecule has 0 aliphatic rings. The number of aryl methyl sites for hydroxylation is 1. The number of nitrogens with zero attached hydrogens (tertiary/aromatic N) is 1. The SMILES string of the molecule is CCC(C)CN(C)C(c1ccc(C)cc1)C(C)N. The standard InChI is InChI=1S/C16H28N2/c1-6-12(2)11-18(5)16(14(4)17)15-9-7-13(3)8-10-15/h7-10,12,14,16H,6,11,17H2,1-5H3. The second kappa shape index (κ2) is 6.91. The predicted octanol–water partition coefficient (Wildman–Crippen LogP) is 3.36. The van der Waals surface area contributed by atoms with Crippen molar-refractivity contribution in [2.24, 2.45) is 11.7 Å². The van der Waals surface area contributed by atoms with Crippen LogP contribution in [0.2, 0.25) is 0 Å². The van der Waals surface area contributed by atoms with Gasteiger partial charge in [0.2, 0.25) is 0 Å². The summed E-state index contributed by atoms with van der Waals surface area (Å²) in [6.07, 6.45) is 1.21. The molecule has 102 valence electrons. The fourth-order valence-electron chi connectivity index (χ4n) is 2.46. The molecule has 18 heavy (non-hydrogen) atoms. The van der Waals surface area contributed by atoms with Gasteiger partial charge in [-0.2, -0.15) is 0 Å². The summed E-state index contributed by atoms with van der Waals surface area (Å²) in [5, 5.41) is 0. The lowest BCUT2D eigenvalue weighted by atomic mass is 9.97. The van der Waals surface area contributed by atoms with Gasteiger partial charge in [0.25, 0.3) is 0 Å². The van der Waals surface area contributed by atoms with E-state index in [9.17, 15) is 0 Å². The minimum absolute atomic E-state index is 0.141. The third-order valence-electron chi connectivity index (χ3n) is 3.69. The second-order valence-corrected chi connectivity index (χ2v) is 5.67. The van der Waals surface area contributed by atoms with Gasteiger partial charge < -0.3 is 5.73 Å². The molecule has 0 aromatic heterocycles. The fraction of sp³-hybridized carbons (Fsp3) is 0.625. The first-order chi connectivity index (χ1) is 8.45. The highest BCUT2D eigenvalue weighted by molar-refractivity contribution is 5.25. The Morgan fingerprint density at radius 2 is 1.72 bits per heavy atom. The zero-order valence-corrected chi connectivity index (χ0v) is 12.5. The Labute approximate surface area is 112 Å². The Kier molecular flexibility index (Phi) is 5.83. The van der Waals surface area contributed by atoms with Crippen LogP contribution in [0.3, 0.4) is 0 Å². The summed E-state index contributed by atoms with van der Waals surface area (Å²) in [5.41, 5.74) is 8.80. The van der Waals surface area contributed by atoms with Crippen molar-refractivity contribution in [2.75, 3.05) is 13.6 Å². The van der Waals surface area contributed by atoms with E-state index in [1.54, 1.807) is 0 Å². The molecule has 0 fully saturated rings. The lowest BCUT2D eigenvalue weighted by Gasteiger charge is -2.33. The summed E-state index contributed by atoms with van der Waals surface area (Å²) in [6.45, 7) is 9.84. The van der Waals surface area contributed by atoms with Crippen LogP contribution in [-0.4, -0.2) is 24.5 Å². The summed E-state index contributed by atoms with van der Waals surface area (Å²) in [4.78, 5) is 2.39. The van der Waals surface area contributed by atoms with Crippen LogP contribution >= 0.6 is 0 Å². The molecule has 0 saturated heterocycles. The summed E-state index contributed by atoms with van der Waals surface area (Å²) in [6, 6.07) is 9.19. The maximum atomic E-state index is 6.18. The summed E-state index contributed by atoms with van der Waals surface area (Å²) < 4.78 is 0. The minimum Gasteiger partial charge on any atom is -0.326 e. The van der Waals surface area contributed by atoms with Gasteiger partial charge in [-0.3, -0.25) is 4.90 Å². The highest BCUT2D eigenvalue weighted by atomic mass is 15.1. The highest BCUT2D eigenvalue weighted by Crippen LogP contribution is 2.24. The average Bonchev–Trinajstić information content (AvgIpc) is 2.31. The van der Waals surface area contributed by atoms with E-state index in [1.807, 2.05) is 0 Å². The molecular weight excluding hydrogens is 220 g/mol. The molecule has 0 bridgehead atoms. The lowest BCUT2D eigenvalue weighted by molar-refractivity contribution is 0.190. The molecule has 2 heteroatoms. The molecule has 1 aromatic rings. The van der Waals surface area contributed by atoms with Crippen molar-refractivity contribution in [1.29, 1.82) is 0 Å². The smallest absolute Gasteiger partial charge is 0.0493 e. The maximum Gasteiger partial charge on any atom is 0.0493 e. The van der Waals surface area contributed by atoms with E-state index in [-0.39, 0.29) is 6.04 Å². The van der Waals surface area contributed by atoms with E-state index in [0.29, 0.717) is 12.0 Å². The first-order valence-electron chi connectivity index (χ1n) is 6.98. The molecule has 1 rings (SSSR count). The molecule has 0 aliphatic carbocycles. The zero-order valence-electron chi connectivity index (χ0n) is 12.5. The van der Waals surface area contributed by atoms with Crippen LogP contribution in [0.4, 0.5) is 0 Å². The third kappa shape index (κ3) is 4.11. The van der Waals surface area contributed by atoms with E-state index in [2.05, 4.69) is 63.9 Å². The molecule has 0 aliphatic heterocycles. The van der Waals surface area contributed by atoms with Gasteiger partial charge in [0.15, 0.2) is 0 Å². The van der Waals surface area contributed by atoms with Crippen molar-refractivity contribution in [3.63, 3.8) is 0 Å². The summed E-state index contributed by atoms with van der Waals surface area (Å²) in [7, 11) is 2.18. The van der Waals surface area contributed by atoms with E-state index in [0.717, 1.165) is 6.54 Å². The van der Waals surface area contributed by atoms with Crippen molar-refractivity contribution < 1.29 is 0 Å². The highest BCUT2D eigenvalue weighted by Gasteiger charge is 2.21. The number of benzene rings is 1. The number of likely N-dealkylation sites (N-methyl/N-ethyl adjacent to an activating group) is 1. The van der Waals surface area contributed by atoms with E-state index < -0.39 is 0 Å². The van der Waals surface area contributed by atoms with Gasteiger partial charge in [0.1, 0.15) is 0 Å². The maximum absolute atomic E-state index is 6.18.